The van der Waals surface area contributed by atoms with Crippen molar-refractivity contribution in [2.75, 3.05) is 19.8 Å². The summed E-state index contributed by atoms with van der Waals surface area (Å²) >= 11 is 0. The summed E-state index contributed by atoms with van der Waals surface area (Å²) < 4.78 is 15.6. The fourth-order valence-electron chi connectivity index (χ4n) is 1.91. The van der Waals surface area contributed by atoms with Crippen LogP contribution in [0.4, 0.5) is 0 Å². The fraction of sp³-hybridized carbons (Fsp3) is 0.438. The topological polar surface area (TPSA) is 123 Å². The summed E-state index contributed by atoms with van der Waals surface area (Å²) in [5.41, 5.74) is -2.22. The average Bonchev–Trinajstić information content (AvgIpc) is 2.58. The molecule has 0 N–H and O–H groups in total. The third kappa shape index (κ3) is 5.43. The Bertz CT molecular complexity index is 818. The second kappa shape index (κ2) is 9.97. The van der Waals surface area contributed by atoms with E-state index in [-0.39, 0.29) is 19.8 Å². The predicted molar refractivity (Wildman–Crippen MR) is 89.1 cm³/mol. The van der Waals surface area contributed by atoms with Crippen LogP contribution in [0.5, 0.6) is 0 Å². The molecule has 0 aromatic carbocycles. The molecule has 0 aliphatic rings. The number of aromatic nitrogens is 2. The molecule has 0 radical (unpaired) electrons. The Labute approximate surface area is 148 Å². The number of carbonyl (C=O) groups excluding carboxylic acids is 3. The molecule has 1 heterocycles. The number of rotatable bonds is 8. The van der Waals surface area contributed by atoms with Crippen molar-refractivity contribution in [1.82, 2.24) is 9.13 Å². The van der Waals surface area contributed by atoms with E-state index in [0.717, 1.165) is 22.9 Å². The molecule has 10 heteroatoms. The summed E-state index contributed by atoms with van der Waals surface area (Å²) in [5, 5.41) is 0. The van der Waals surface area contributed by atoms with E-state index in [9.17, 15) is 24.0 Å². The zero-order valence-electron chi connectivity index (χ0n) is 14.7. The summed E-state index contributed by atoms with van der Waals surface area (Å²) in [6, 6.07) is 0.971. The Balaban J connectivity index is 3.45. The summed E-state index contributed by atoms with van der Waals surface area (Å²) in [4.78, 5) is 59.8. The van der Waals surface area contributed by atoms with Crippen LogP contribution in [0.25, 0.3) is 5.70 Å². The van der Waals surface area contributed by atoms with Crippen LogP contribution in [-0.4, -0.2) is 46.9 Å². The van der Waals surface area contributed by atoms with Crippen molar-refractivity contribution >= 4 is 23.6 Å². The van der Waals surface area contributed by atoms with Crippen LogP contribution in [0.15, 0.2) is 27.9 Å². The van der Waals surface area contributed by atoms with Crippen molar-refractivity contribution < 1.29 is 28.6 Å². The van der Waals surface area contributed by atoms with Crippen LogP contribution in [-0.2, 0) is 35.1 Å². The van der Waals surface area contributed by atoms with Gasteiger partial charge in [0.1, 0.15) is 12.2 Å². The Morgan fingerprint density at radius 3 is 2.19 bits per heavy atom. The summed E-state index contributed by atoms with van der Waals surface area (Å²) in [5.74, 6) is -2.63. The first-order valence-corrected chi connectivity index (χ1v) is 7.89. The molecule has 1 rings (SSSR count). The normalized spacial score (nSPS) is 11.0. The molecule has 0 aliphatic carbocycles. The maximum atomic E-state index is 12.5. The van der Waals surface area contributed by atoms with Gasteiger partial charge in [0.15, 0.2) is 0 Å². The molecule has 0 saturated carbocycles. The number of ether oxygens (including phenoxy) is 3. The highest BCUT2D eigenvalue weighted by molar-refractivity contribution is 6.14. The number of nitrogens with zero attached hydrogens (tertiary/aromatic N) is 2. The Morgan fingerprint density at radius 1 is 1.00 bits per heavy atom. The molecule has 1 aromatic rings. The lowest BCUT2D eigenvalue weighted by Gasteiger charge is -2.12. The number of esters is 3. The van der Waals surface area contributed by atoms with E-state index >= 15 is 0 Å². The quantitative estimate of drug-likeness (QED) is 0.343. The third-order valence-electron chi connectivity index (χ3n) is 2.95. The molecule has 0 aliphatic heterocycles. The maximum Gasteiger partial charge on any atom is 0.355 e. The third-order valence-corrected chi connectivity index (χ3v) is 2.95. The minimum Gasteiger partial charge on any atom is -0.465 e. The van der Waals surface area contributed by atoms with E-state index in [1.165, 1.54) is 0 Å². The van der Waals surface area contributed by atoms with Gasteiger partial charge in [0.05, 0.1) is 25.9 Å². The van der Waals surface area contributed by atoms with Gasteiger partial charge in [-0.05, 0) is 20.8 Å². The minimum absolute atomic E-state index is 0.00376. The zero-order valence-corrected chi connectivity index (χ0v) is 14.7. The predicted octanol–water partition coefficient (Wildman–Crippen LogP) is -0.460. The first-order chi connectivity index (χ1) is 12.3. The van der Waals surface area contributed by atoms with E-state index in [1.807, 2.05) is 0 Å². The second-order valence-electron chi connectivity index (χ2n) is 4.70. The highest BCUT2D eigenvalue weighted by Gasteiger charge is 2.20. The van der Waals surface area contributed by atoms with Crippen molar-refractivity contribution in [3.05, 3.63) is 39.2 Å². The molecule has 0 atom stereocenters. The standard InChI is InChI=1S/C16H20N2O8/c1-4-24-13(20)9-11(15(22)26-6-3)17-8-7-12(19)18(16(17)23)10-14(21)25-5-2/h7-9H,4-6,10H2,1-3H3/b11-9-. The number of carbonyl (C=O) groups is 3. The van der Waals surface area contributed by atoms with Gasteiger partial charge in [0, 0.05) is 12.3 Å². The molecule has 0 saturated heterocycles. The highest BCUT2D eigenvalue weighted by Crippen LogP contribution is 2.05. The van der Waals surface area contributed by atoms with Gasteiger partial charge >= 0.3 is 23.6 Å². The van der Waals surface area contributed by atoms with E-state index in [2.05, 4.69) is 0 Å². The Hall–Kier alpha value is -3.17. The summed E-state index contributed by atoms with van der Waals surface area (Å²) in [6.45, 7) is 4.18. The first kappa shape index (κ1) is 20.9. The van der Waals surface area contributed by atoms with Crippen molar-refractivity contribution in [2.45, 2.75) is 27.3 Å². The molecule has 0 bridgehead atoms. The number of hydrogen-bond acceptors (Lipinski definition) is 8. The van der Waals surface area contributed by atoms with Gasteiger partial charge in [-0.3, -0.25) is 14.2 Å². The van der Waals surface area contributed by atoms with E-state index in [0.29, 0.717) is 4.57 Å². The monoisotopic (exact) mass is 368 g/mol. The van der Waals surface area contributed by atoms with Crippen LogP contribution < -0.4 is 11.2 Å². The lowest BCUT2D eigenvalue weighted by atomic mass is 10.3. The maximum absolute atomic E-state index is 12.5. The van der Waals surface area contributed by atoms with Gasteiger partial charge in [0.2, 0.25) is 0 Å². The van der Waals surface area contributed by atoms with Gasteiger partial charge in [0.25, 0.3) is 5.56 Å². The van der Waals surface area contributed by atoms with Crippen molar-refractivity contribution in [3.63, 3.8) is 0 Å². The molecule has 10 nitrogen and oxygen atoms in total. The minimum atomic E-state index is -1.01. The SMILES string of the molecule is CCOC(=O)/C=C(/C(=O)OCC)n1ccc(=O)n(CC(=O)OCC)c1=O. The molecule has 142 valence electrons. The van der Waals surface area contributed by atoms with E-state index in [1.54, 1.807) is 20.8 Å². The fourth-order valence-corrected chi connectivity index (χ4v) is 1.91. The number of hydrogen-bond donors (Lipinski definition) is 0. The van der Waals surface area contributed by atoms with Gasteiger partial charge in [-0.15, -0.1) is 0 Å². The van der Waals surface area contributed by atoms with Gasteiger partial charge in [-0.25, -0.2) is 19.0 Å². The average molecular weight is 368 g/mol. The largest absolute Gasteiger partial charge is 0.465 e. The molecular weight excluding hydrogens is 348 g/mol. The summed E-state index contributed by atoms with van der Waals surface area (Å²) in [7, 11) is 0. The van der Waals surface area contributed by atoms with Crippen LogP contribution in [0.2, 0.25) is 0 Å². The summed E-state index contributed by atoms with van der Waals surface area (Å²) in [6.07, 6.45) is 1.79. The van der Waals surface area contributed by atoms with Crippen molar-refractivity contribution in [2.24, 2.45) is 0 Å². The zero-order chi connectivity index (χ0) is 19.7. The van der Waals surface area contributed by atoms with Crippen LogP contribution >= 0.6 is 0 Å². The van der Waals surface area contributed by atoms with Crippen molar-refractivity contribution in [1.29, 1.82) is 0 Å². The first-order valence-electron chi connectivity index (χ1n) is 7.89. The van der Waals surface area contributed by atoms with Crippen LogP contribution in [0.3, 0.4) is 0 Å². The van der Waals surface area contributed by atoms with Gasteiger partial charge < -0.3 is 14.2 Å². The lowest BCUT2D eigenvalue weighted by Crippen LogP contribution is -2.41. The smallest absolute Gasteiger partial charge is 0.355 e. The van der Waals surface area contributed by atoms with E-state index in [4.69, 9.17) is 14.2 Å². The molecule has 0 spiro atoms. The molecule has 0 fully saturated rings. The molecule has 0 amide bonds. The van der Waals surface area contributed by atoms with Gasteiger partial charge in [-0.2, -0.15) is 0 Å². The van der Waals surface area contributed by atoms with Crippen molar-refractivity contribution in [3.8, 4) is 0 Å². The highest BCUT2D eigenvalue weighted by atomic mass is 16.5. The molecular formula is C16H20N2O8. The molecule has 0 unspecified atom stereocenters. The second-order valence-corrected chi connectivity index (χ2v) is 4.70. The van der Waals surface area contributed by atoms with Crippen LogP contribution in [0.1, 0.15) is 20.8 Å². The van der Waals surface area contributed by atoms with Crippen LogP contribution in [0, 0.1) is 0 Å². The van der Waals surface area contributed by atoms with E-state index < -0.39 is 41.4 Å². The lowest BCUT2D eigenvalue weighted by molar-refractivity contribution is -0.144. The Kier molecular flexibility index (Phi) is 8.00. The van der Waals surface area contributed by atoms with Gasteiger partial charge in [-0.1, -0.05) is 0 Å². The Morgan fingerprint density at radius 2 is 1.62 bits per heavy atom. The molecule has 1 aromatic heterocycles. The molecule has 26 heavy (non-hydrogen) atoms.